The number of likely N-dealkylation sites (N-methyl/N-ethyl adjacent to an activating group) is 1. The molecule has 2 fully saturated rings. The van der Waals surface area contributed by atoms with Gasteiger partial charge in [-0.2, -0.15) is 0 Å². The third-order valence-corrected chi connectivity index (χ3v) is 5.15. The Balaban J connectivity index is 1.73. The van der Waals surface area contributed by atoms with Gasteiger partial charge in [0.1, 0.15) is 5.82 Å². The number of rotatable bonds is 4. The number of hydrogen-bond donors (Lipinski definition) is 1. The van der Waals surface area contributed by atoms with Crippen molar-refractivity contribution in [3.8, 4) is 0 Å². The summed E-state index contributed by atoms with van der Waals surface area (Å²) in [5, 5.41) is 3.30. The summed E-state index contributed by atoms with van der Waals surface area (Å²) >= 11 is 0. The van der Waals surface area contributed by atoms with E-state index in [0.717, 1.165) is 24.1 Å². The summed E-state index contributed by atoms with van der Waals surface area (Å²) < 4.78 is 14.0. The molecule has 3 atom stereocenters. The highest BCUT2D eigenvalue weighted by molar-refractivity contribution is 5.21. The molecule has 1 N–H and O–H groups in total. The average Bonchev–Trinajstić information content (AvgIpc) is 2.95. The number of benzene rings is 1. The molecule has 0 aromatic heterocycles. The van der Waals surface area contributed by atoms with Crippen molar-refractivity contribution in [2.45, 2.75) is 44.2 Å². The highest BCUT2D eigenvalue weighted by Crippen LogP contribution is 2.37. The number of nitrogens with one attached hydrogen (secondary N) is 1. The van der Waals surface area contributed by atoms with Crippen LogP contribution in [0.5, 0.6) is 0 Å². The molecule has 3 unspecified atom stereocenters. The van der Waals surface area contributed by atoms with E-state index in [0.29, 0.717) is 0 Å². The van der Waals surface area contributed by atoms with E-state index >= 15 is 0 Å². The Morgan fingerprint density at radius 1 is 1.25 bits per heavy atom. The number of nitrogens with zero attached hydrogens (tertiary/aromatic N) is 1. The molecule has 1 aromatic carbocycles. The van der Waals surface area contributed by atoms with E-state index in [2.05, 4.69) is 10.2 Å². The van der Waals surface area contributed by atoms with Crippen molar-refractivity contribution in [1.29, 1.82) is 0 Å². The molecule has 3 heteroatoms. The van der Waals surface area contributed by atoms with E-state index in [-0.39, 0.29) is 11.9 Å². The quantitative estimate of drug-likeness (QED) is 0.907. The third-order valence-electron chi connectivity index (χ3n) is 5.15. The van der Waals surface area contributed by atoms with Crippen LogP contribution in [0.1, 0.15) is 43.7 Å². The molecule has 2 aliphatic rings. The molecule has 0 radical (unpaired) electrons. The van der Waals surface area contributed by atoms with Crippen molar-refractivity contribution in [2.24, 2.45) is 5.92 Å². The summed E-state index contributed by atoms with van der Waals surface area (Å²) in [5.41, 5.74) is 0.801. The van der Waals surface area contributed by atoms with Crippen molar-refractivity contribution in [3.63, 3.8) is 0 Å². The maximum atomic E-state index is 14.0. The van der Waals surface area contributed by atoms with Gasteiger partial charge in [-0.3, -0.25) is 4.90 Å². The van der Waals surface area contributed by atoms with Gasteiger partial charge in [-0.25, -0.2) is 4.39 Å². The van der Waals surface area contributed by atoms with E-state index < -0.39 is 0 Å². The SMILES string of the molecule is CNC(CN1CCCC2CCCC21)c1ccccc1F. The van der Waals surface area contributed by atoms with Crippen LogP contribution in [0.25, 0.3) is 0 Å². The molecule has 1 aliphatic heterocycles. The molecule has 1 saturated heterocycles. The molecule has 0 spiro atoms. The second kappa shape index (κ2) is 6.23. The van der Waals surface area contributed by atoms with Crippen LogP contribution in [0.2, 0.25) is 0 Å². The highest BCUT2D eigenvalue weighted by Gasteiger charge is 2.35. The fourth-order valence-electron chi connectivity index (χ4n) is 4.12. The molecule has 1 aromatic rings. The standard InChI is InChI=1S/C17H25FN2/c1-19-16(14-8-2-3-9-15(14)18)12-20-11-5-7-13-6-4-10-17(13)20/h2-3,8-9,13,16-17,19H,4-7,10-12H2,1H3. The van der Waals surface area contributed by atoms with Crippen molar-refractivity contribution in [2.75, 3.05) is 20.1 Å². The Hall–Kier alpha value is -0.930. The maximum Gasteiger partial charge on any atom is 0.128 e. The fraction of sp³-hybridized carbons (Fsp3) is 0.647. The summed E-state index contributed by atoms with van der Waals surface area (Å²) in [6.07, 6.45) is 6.79. The van der Waals surface area contributed by atoms with E-state index in [4.69, 9.17) is 0 Å². The first-order valence-corrected chi connectivity index (χ1v) is 7.95. The second-order valence-corrected chi connectivity index (χ2v) is 6.26. The molecular formula is C17H25FN2. The first kappa shape index (κ1) is 14.0. The van der Waals surface area contributed by atoms with Crippen LogP contribution in [0, 0.1) is 11.7 Å². The van der Waals surface area contributed by atoms with Gasteiger partial charge in [-0.05, 0) is 51.3 Å². The number of likely N-dealkylation sites (tertiary alicyclic amines) is 1. The van der Waals surface area contributed by atoms with Crippen LogP contribution in [0.4, 0.5) is 4.39 Å². The topological polar surface area (TPSA) is 15.3 Å². The zero-order valence-electron chi connectivity index (χ0n) is 12.3. The van der Waals surface area contributed by atoms with Crippen LogP contribution in [0.3, 0.4) is 0 Å². The lowest BCUT2D eigenvalue weighted by Crippen LogP contribution is -2.46. The Morgan fingerprint density at radius 3 is 2.85 bits per heavy atom. The largest absolute Gasteiger partial charge is 0.312 e. The van der Waals surface area contributed by atoms with E-state index in [1.165, 1.54) is 38.6 Å². The third kappa shape index (κ3) is 2.75. The minimum absolute atomic E-state index is 0.0909. The van der Waals surface area contributed by atoms with Gasteiger partial charge in [-0.15, -0.1) is 0 Å². The predicted molar refractivity (Wildman–Crippen MR) is 80.1 cm³/mol. The van der Waals surface area contributed by atoms with Crippen LogP contribution in [0.15, 0.2) is 24.3 Å². The summed E-state index contributed by atoms with van der Waals surface area (Å²) in [4.78, 5) is 2.61. The molecule has 1 aliphatic carbocycles. The van der Waals surface area contributed by atoms with Crippen LogP contribution in [-0.2, 0) is 0 Å². The van der Waals surface area contributed by atoms with Crippen molar-refractivity contribution in [1.82, 2.24) is 10.2 Å². The van der Waals surface area contributed by atoms with Crippen LogP contribution >= 0.6 is 0 Å². The van der Waals surface area contributed by atoms with Gasteiger partial charge in [0.05, 0.1) is 0 Å². The van der Waals surface area contributed by atoms with E-state index in [1.807, 2.05) is 19.2 Å². The van der Waals surface area contributed by atoms with Crippen molar-refractivity contribution < 1.29 is 4.39 Å². The zero-order valence-corrected chi connectivity index (χ0v) is 12.3. The van der Waals surface area contributed by atoms with Crippen LogP contribution < -0.4 is 5.32 Å². The molecule has 20 heavy (non-hydrogen) atoms. The van der Waals surface area contributed by atoms with Gasteiger partial charge >= 0.3 is 0 Å². The van der Waals surface area contributed by atoms with Gasteiger partial charge < -0.3 is 5.32 Å². The minimum atomic E-state index is -0.0909. The molecule has 1 heterocycles. The van der Waals surface area contributed by atoms with Crippen LogP contribution in [-0.4, -0.2) is 31.1 Å². The average molecular weight is 276 g/mol. The number of fused-ring (bicyclic) bond motifs is 1. The summed E-state index contributed by atoms with van der Waals surface area (Å²) in [6, 6.07) is 8.00. The molecule has 0 amide bonds. The van der Waals surface area contributed by atoms with Gasteiger partial charge in [0.15, 0.2) is 0 Å². The van der Waals surface area contributed by atoms with Gasteiger partial charge in [-0.1, -0.05) is 24.6 Å². The lowest BCUT2D eigenvalue weighted by atomic mass is 9.91. The molecular weight excluding hydrogens is 251 g/mol. The first-order chi connectivity index (χ1) is 9.79. The molecule has 1 saturated carbocycles. The van der Waals surface area contributed by atoms with E-state index in [1.54, 1.807) is 12.1 Å². The second-order valence-electron chi connectivity index (χ2n) is 6.26. The summed E-state index contributed by atoms with van der Waals surface area (Å²) in [6.45, 7) is 2.10. The summed E-state index contributed by atoms with van der Waals surface area (Å²) in [7, 11) is 1.94. The Labute approximate surface area is 121 Å². The molecule has 2 nitrogen and oxygen atoms in total. The highest BCUT2D eigenvalue weighted by atomic mass is 19.1. The normalized spacial score (nSPS) is 28.3. The molecule has 0 bridgehead atoms. The van der Waals surface area contributed by atoms with Gasteiger partial charge in [0.25, 0.3) is 0 Å². The summed E-state index contributed by atoms with van der Waals surface area (Å²) in [5.74, 6) is 0.800. The lowest BCUT2D eigenvalue weighted by molar-refractivity contribution is 0.102. The molecule has 3 rings (SSSR count). The predicted octanol–water partition coefficient (Wildman–Crippen LogP) is 3.35. The fourth-order valence-corrected chi connectivity index (χ4v) is 4.12. The van der Waals surface area contributed by atoms with Crippen molar-refractivity contribution >= 4 is 0 Å². The van der Waals surface area contributed by atoms with E-state index in [9.17, 15) is 4.39 Å². The van der Waals surface area contributed by atoms with Gasteiger partial charge in [0, 0.05) is 24.2 Å². The number of hydrogen-bond acceptors (Lipinski definition) is 2. The number of piperidine rings is 1. The smallest absolute Gasteiger partial charge is 0.128 e. The maximum absolute atomic E-state index is 14.0. The Bertz CT molecular complexity index is 448. The number of halogens is 1. The van der Waals surface area contributed by atoms with Gasteiger partial charge in [0.2, 0.25) is 0 Å². The Morgan fingerprint density at radius 2 is 2.05 bits per heavy atom. The lowest BCUT2D eigenvalue weighted by Gasteiger charge is -2.39. The first-order valence-electron chi connectivity index (χ1n) is 7.95. The monoisotopic (exact) mass is 276 g/mol. The van der Waals surface area contributed by atoms with Crippen molar-refractivity contribution in [3.05, 3.63) is 35.6 Å². The zero-order chi connectivity index (χ0) is 13.9. The minimum Gasteiger partial charge on any atom is -0.312 e. The Kier molecular flexibility index (Phi) is 4.37. The molecule has 110 valence electrons.